The zero-order valence-corrected chi connectivity index (χ0v) is 18.2. The van der Waals surface area contributed by atoms with Gasteiger partial charge in [0.25, 0.3) is 0 Å². The number of ether oxygens (including phenoxy) is 1. The molecule has 0 saturated carbocycles. The van der Waals surface area contributed by atoms with Crippen LogP contribution in [0.15, 0.2) is 4.52 Å². The van der Waals surface area contributed by atoms with Crippen molar-refractivity contribution in [3.63, 3.8) is 0 Å². The van der Waals surface area contributed by atoms with E-state index in [0.29, 0.717) is 13.2 Å². The van der Waals surface area contributed by atoms with E-state index >= 15 is 0 Å². The average Bonchev–Trinajstić information content (AvgIpc) is 3.27. The Morgan fingerprint density at radius 2 is 2.07 bits per heavy atom. The Labute approximate surface area is 172 Å². The molecule has 0 unspecified atom stereocenters. The van der Waals surface area contributed by atoms with Crippen LogP contribution < -0.4 is 5.32 Å². The maximum Gasteiger partial charge on any atom is 0.410 e. The second-order valence-electron chi connectivity index (χ2n) is 7.83. The van der Waals surface area contributed by atoms with Crippen LogP contribution in [0.4, 0.5) is 10.6 Å². The van der Waals surface area contributed by atoms with E-state index in [-0.39, 0.29) is 18.1 Å². The summed E-state index contributed by atoms with van der Waals surface area (Å²) >= 11 is 0. The summed E-state index contributed by atoms with van der Waals surface area (Å²) in [7, 11) is 0. The highest BCUT2D eigenvalue weighted by atomic mass is 16.6. The molecule has 2 aromatic rings. The summed E-state index contributed by atoms with van der Waals surface area (Å²) in [5.74, 6) is 2.48. The third kappa shape index (κ3) is 4.36. The standard InChI is InChI=1S/C21H31N5O3/c1-7-28-21(27)26-10-8-9-16(26)11-22-20-13(4)18(23-19(24-20)12(2)3)17-14(5)25-29-15(17)6/h12,16H,7-11H2,1-6H3,(H,22,23,24)/t16-/m1/s1. The van der Waals surface area contributed by atoms with Crippen LogP contribution in [-0.2, 0) is 4.74 Å². The van der Waals surface area contributed by atoms with Gasteiger partial charge in [-0.15, -0.1) is 0 Å². The highest BCUT2D eigenvalue weighted by Gasteiger charge is 2.30. The number of aromatic nitrogens is 3. The van der Waals surface area contributed by atoms with Gasteiger partial charge < -0.3 is 19.5 Å². The van der Waals surface area contributed by atoms with Crippen molar-refractivity contribution < 1.29 is 14.1 Å². The number of nitrogens with one attached hydrogen (secondary N) is 1. The molecule has 1 amide bonds. The van der Waals surface area contributed by atoms with Crippen molar-refractivity contribution in [2.24, 2.45) is 0 Å². The first-order valence-electron chi connectivity index (χ1n) is 10.3. The summed E-state index contributed by atoms with van der Waals surface area (Å²) in [6.07, 6.45) is 1.69. The second-order valence-corrected chi connectivity index (χ2v) is 7.83. The molecular formula is C21H31N5O3. The number of amides is 1. The van der Waals surface area contributed by atoms with Gasteiger partial charge >= 0.3 is 6.09 Å². The second kappa shape index (κ2) is 8.80. The molecule has 2 aromatic heterocycles. The molecule has 1 atom stereocenters. The van der Waals surface area contributed by atoms with Crippen LogP contribution in [0.2, 0.25) is 0 Å². The fourth-order valence-corrected chi connectivity index (χ4v) is 3.74. The van der Waals surface area contributed by atoms with E-state index in [1.807, 2.05) is 32.6 Å². The molecule has 0 aliphatic carbocycles. The lowest BCUT2D eigenvalue weighted by atomic mass is 10.0. The fourth-order valence-electron chi connectivity index (χ4n) is 3.74. The minimum Gasteiger partial charge on any atom is -0.450 e. The molecule has 158 valence electrons. The summed E-state index contributed by atoms with van der Waals surface area (Å²) in [4.78, 5) is 23.6. The summed E-state index contributed by atoms with van der Waals surface area (Å²) in [6, 6.07) is 0.0911. The van der Waals surface area contributed by atoms with Gasteiger partial charge in [0, 0.05) is 24.6 Å². The maximum atomic E-state index is 12.2. The molecule has 8 heteroatoms. The van der Waals surface area contributed by atoms with Crippen molar-refractivity contribution in [3.05, 3.63) is 22.8 Å². The van der Waals surface area contributed by atoms with Gasteiger partial charge in [0.15, 0.2) is 0 Å². The van der Waals surface area contributed by atoms with E-state index in [1.54, 1.807) is 0 Å². The molecule has 1 fully saturated rings. The Kier molecular flexibility index (Phi) is 6.39. The topological polar surface area (TPSA) is 93.4 Å². The van der Waals surface area contributed by atoms with Gasteiger partial charge in [0.2, 0.25) is 0 Å². The zero-order chi connectivity index (χ0) is 21.1. The van der Waals surface area contributed by atoms with Crippen molar-refractivity contribution in [3.8, 4) is 11.3 Å². The number of aryl methyl sites for hydroxylation is 2. The highest BCUT2D eigenvalue weighted by molar-refractivity contribution is 5.71. The van der Waals surface area contributed by atoms with Gasteiger partial charge in [-0.25, -0.2) is 14.8 Å². The molecular weight excluding hydrogens is 370 g/mol. The van der Waals surface area contributed by atoms with E-state index in [0.717, 1.165) is 59.3 Å². The van der Waals surface area contributed by atoms with Crippen molar-refractivity contribution in [2.75, 3.05) is 25.0 Å². The first-order chi connectivity index (χ1) is 13.8. The third-order valence-corrected chi connectivity index (χ3v) is 5.33. The van der Waals surface area contributed by atoms with Gasteiger partial charge in [0.05, 0.1) is 29.6 Å². The zero-order valence-electron chi connectivity index (χ0n) is 18.2. The molecule has 8 nitrogen and oxygen atoms in total. The van der Waals surface area contributed by atoms with Crippen LogP contribution >= 0.6 is 0 Å². The molecule has 0 aromatic carbocycles. The molecule has 29 heavy (non-hydrogen) atoms. The Hall–Kier alpha value is -2.64. The predicted octanol–water partition coefficient (Wildman–Crippen LogP) is 4.21. The van der Waals surface area contributed by atoms with Gasteiger partial charge in [-0.2, -0.15) is 0 Å². The normalized spacial score (nSPS) is 16.5. The number of rotatable bonds is 6. The SMILES string of the molecule is CCOC(=O)N1CCC[C@@H]1CNc1nc(C(C)C)nc(-c2c(C)noc2C)c1C. The van der Waals surface area contributed by atoms with Crippen molar-refractivity contribution in [2.45, 2.75) is 66.3 Å². The summed E-state index contributed by atoms with van der Waals surface area (Å²) in [5.41, 5.74) is 3.53. The van der Waals surface area contributed by atoms with E-state index in [1.165, 1.54) is 0 Å². The minimum absolute atomic E-state index is 0.0911. The molecule has 1 aliphatic heterocycles. The summed E-state index contributed by atoms with van der Waals surface area (Å²) < 4.78 is 10.6. The van der Waals surface area contributed by atoms with Crippen LogP contribution in [0, 0.1) is 20.8 Å². The molecule has 0 spiro atoms. The molecule has 3 heterocycles. The minimum atomic E-state index is -0.240. The number of carbonyl (C=O) groups is 1. The van der Waals surface area contributed by atoms with Crippen LogP contribution in [-0.4, -0.2) is 51.9 Å². The van der Waals surface area contributed by atoms with Crippen molar-refractivity contribution in [1.29, 1.82) is 0 Å². The lowest BCUT2D eigenvalue weighted by molar-refractivity contribution is 0.104. The Balaban J connectivity index is 1.88. The Morgan fingerprint density at radius 3 is 2.69 bits per heavy atom. The number of carbonyl (C=O) groups excluding carboxylic acids is 1. The summed E-state index contributed by atoms with van der Waals surface area (Å²) in [6.45, 7) is 13.5. The average molecular weight is 402 g/mol. The first kappa shape index (κ1) is 21.1. The van der Waals surface area contributed by atoms with Crippen LogP contribution in [0.25, 0.3) is 11.3 Å². The lowest BCUT2D eigenvalue weighted by Crippen LogP contribution is -2.40. The molecule has 1 aliphatic rings. The van der Waals surface area contributed by atoms with Crippen molar-refractivity contribution >= 4 is 11.9 Å². The smallest absolute Gasteiger partial charge is 0.410 e. The van der Waals surface area contributed by atoms with E-state index in [4.69, 9.17) is 19.2 Å². The Morgan fingerprint density at radius 1 is 1.31 bits per heavy atom. The number of nitrogens with zero attached hydrogens (tertiary/aromatic N) is 4. The maximum absolute atomic E-state index is 12.2. The first-order valence-corrected chi connectivity index (χ1v) is 10.3. The predicted molar refractivity (Wildman–Crippen MR) is 111 cm³/mol. The molecule has 3 rings (SSSR count). The van der Waals surface area contributed by atoms with Gasteiger partial charge in [0.1, 0.15) is 17.4 Å². The molecule has 0 bridgehead atoms. The van der Waals surface area contributed by atoms with Crippen LogP contribution in [0.5, 0.6) is 0 Å². The number of hydrogen-bond donors (Lipinski definition) is 1. The number of hydrogen-bond acceptors (Lipinski definition) is 7. The van der Waals surface area contributed by atoms with Crippen molar-refractivity contribution in [1.82, 2.24) is 20.0 Å². The third-order valence-electron chi connectivity index (χ3n) is 5.33. The van der Waals surface area contributed by atoms with E-state index in [9.17, 15) is 4.79 Å². The largest absolute Gasteiger partial charge is 0.450 e. The Bertz CT molecular complexity index is 858. The van der Waals surface area contributed by atoms with Gasteiger partial charge in [-0.3, -0.25) is 0 Å². The van der Waals surface area contributed by atoms with Gasteiger partial charge in [-0.1, -0.05) is 19.0 Å². The van der Waals surface area contributed by atoms with E-state index < -0.39 is 0 Å². The molecule has 0 radical (unpaired) electrons. The molecule has 1 saturated heterocycles. The van der Waals surface area contributed by atoms with Gasteiger partial charge in [-0.05, 0) is 40.5 Å². The quantitative estimate of drug-likeness (QED) is 0.775. The van der Waals surface area contributed by atoms with Crippen LogP contribution in [0.1, 0.15) is 62.4 Å². The number of anilines is 1. The fraction of sp³-hybridized carbons (Fsp3) is 0.619. The van der Waals surface area contributed by atoms with E-state index in [2.05, 4.69) is 24.3 Å². The molecule has 1 N–H and O–H groups in total. The monoisotopic (exact) mass is 401 g/mol. The number of likely N-dealkylation sites (tertiary alicyclic amines) is 1. The van der Waals surface area contributed by atoms with Crippen LogP contribution in [0.3, 0.4) is 0 Å². The lowest BCUT2D eigenvalue weighted by Gasteiger charge is -2.25. The highest BCUT2D eigenvalue weighted by Crippen LogP contribution is 2.32. The summed E-state index contributed by atoms with van der Waals surface area (Å²) in [5, 5.41) is 7.55.